The van der Waals surface area contributed by atoms with Gasteiger partial charge < -0.3 is 10.6 Å². The van der Waals surface area contributed by atoms with E-state index in [1.807, 2.05) is 0 Å². The number of nitrogens with two attached hydrogens (primary N) is 1. The maximum Gasteiger partial charge on any atom is 0.161 e. The average molecular weight is 294 g/mol. The average Bonchev–Trinajstić information content (AvgIpc) is 2.46. The summed E-state index contributed by atoms with van der Waals surface area (Å²) < 4.78 is 0. The van der Waals surface area contributed by atoms with Crippen molar-refractivity contribution in [1.29, 1.82) is 0 Å². The van der Waals surface area contributed by atoms with Crippen LogP contribution in [0.25, 0.3) is 0 Å². The second-order valence-electron chi connectivity index (χ2n) is 4.83. The molecule has 1 heterocycles. The summed E-state index contributed by atoms with van der Waals surface area (Å²) in [5, 5.41) is 8.79. The third-order valence-corrected chi connectivity index (χ3v) is 3.74. The van der Waals surface area contributed by atoms with E-state index in [2.05, 4.69) is 42.8 Å². The topological polar surface area (TPSA) is 55.0 Å². The van der Waals surface area contributed by atoms with E-state index in [-0.39, 0.29) is 0 Å². The molecule has 20 heavy (non-hydrogen) atoms. The Hall–Kier alpha value is -1.23. The van der Waals surface area contributed by atoms with Crippen molar-refractivity contribution >= 4 is 23.0 Å². The van der Waals surface area contributed by atoms with Gasteiger partial charge in [-0.05, 0) is 31.7 Å². The van der Waals surface area contributed by atoms with E-state index in [9.17, 15) is 0 Å². The number of aromatic nitrogens is 2. The van der Waals surface area contributed by atoms with Crippen molar-refractivity contribution in [2.75, 3.05) is 18.0 Å². The lowest BCUT2D eigenvalue weighted by atomic mass is 10.0. The van der Waals surface area contributed by atoms with Gasteiger partial charge in [-0.15, -0.1) is 5.10 Å². The number of thiocarbonyl (C=S) groups is 1. The van der Waals surface area contributed by atoms with E-state index in [0.29, 0.717) is 4.99 Å². The van der Waals surface area contributed by atoms with Crippen LogP contribution in [0.5, 0.6) is 0 Å². The van der Waals surface area contributed by atoms with E-state index in [1.54, 1.807) is 0 Å². The fourth-order valence-corrected chi connectivity index (χ4v) is 2.62. The van der Waals surface area contributed by atoms with Crippen molar-refractivity contribution in [2.24, 2.45) is 5.73 Å². The molecule has 0 bridgehead atoms. The number of nitrogens with zero attached hydrogens (tertiary/aromatic N) is 3. The third kappa shape index (κ3) is 3.66. The van der Waals surface area contributed by atoms with Crippen LogP contribution < -0.4 is 10.6 Å². The van der Waals surface area contributed by atoms with Crippen LogP contribution in [0, 0.1) is 0 Å². The summed E-state index contributed by atoms with van der Waals surface area (Å²) in [5.41, 5.74) is 9.05. The Morgan fingerprint density at radius 1 is 1.15 bits per heavy atom. The summed E-state index contributed by atoms with van der Waals surface area (Å²) in [7, 11) is 0. The molecular formula is C15H26N4S. The lowest BCUT2D eigenvalue weighted by Gasteiger charge is -2.25. The largest absolute Gasteiger partial charge is 0.389 e. The van der Waals surface area contributed by atoms with Gasteiger partial charge in [-0.1, -0.05) is 39.4 Å². The Labute approximate surface area is 127 Å². The molecule has 0 spiro atoms. The monoisotopic (exact) mass is 294 g/mol. The molecule has 4 nitrogen and oxygen atoms in total. The zero-order valence-corrected chi connectivity index (χ0v) is 13.9. The number of hydrogen-bond donors (Lipinski definition) is 1. The zero-order chi connectivity index (χ0) is 15.1. The van der Waals surface area contributed by atoms with Gasteiger partial charge in [0.1, 0.15) is 4.99 Å². The molecule has 0 radical (unpaired) electrons. The second kappa shape index (κ2) is 8.15. The molecule has 0 aliphatic carbocycles. The Bertz CT molecular complexity index is 459. The summed E-state index contributed by atoms with van der Waals surface area (Å²) in [4.78, 5) is 2.65. The number of unbranched alkanes of at least 4 members (excludes halogenated alkanes) is 1. The van der Waals surface area contributed by atoms with E-state index in [1.165, 1.54) is 0 Å². The van der Waals surface area contributed by atoms with Gasteiger partial charge in [-0.2, -0.15) is 5.10 Å². The molecule has 1 aromatic rings. The molecule has 0 aromatic carbocycles. The van der Waals surface area contributed by atoms with Gasteiger partial charge in [0.15, 0.2) is 5.82 Å². The van der Waals surface area contributed by atoms with Crippen molar-refractivity contribution < 1.29 is 0 Å². The van der Waals surface area contributed by atoms with Gasteiger partial charge >= 0.3 is 0 Å². The van der Waals surface area contributed by atoms with Crippen LogP contribution in [-0.4, -0.2) is 28.3 Å². The molecule has 2 N–H and O–H groups in total. The van der Waals surface area contributed by atoms with Gasteiger partial charge in [0.25, 0.3) is 0 Å². The van der Waals surface area contributed by atoms with Crippen molar-refractivity contribution in [3.63, 3.8) is 0 Å². The highest BCUT2D eigenvalue weighted by Crippen LogP contribution is 2.24. The Morgan fingerprint density at radius 2 is 1.85 bits per heavy atom. The van der Waals surface area contributed by atoms with E-state index < -0.39 is 0 Å². The third-order valence-electron chi connectivity index (χ3n) is 3.54. The van der Waals surface area contributed by atoms with Crippen LogP contribution in [0.15, 0.2) is 0 Å². The first-order valence-electron chi connectivity index (χ1n) is 7.53. The first kappa shape index (κ1) is 16.8. The molecule has 0 fully saturated rings. The number of aryl methyl sites for hydroxylation is 1. The minimum atomic E-state index is 0.427. The Balaban J connectivity index is 3.34. The zero-order valence-electron chi connectivity index (χ0n) is 13.1. The van der Waals surface area contributed by atoms with Crippen LogP contribution in [0.4, 0.5) is 5.82 Å². The van der Waals surface area contributed by atoms with Crippen LogP contribution >= 0.6 is 12.2 Å². The number of rotatable bonds is 8. The molecule has 0 saturated heterocycles. The highest BCUT2D eigenvalue weighted by atomic mass is 32.1. The molecule has 0 aliphatic rings. The highest BCUT2D eigenvalue weighted by Gasteiger charge is 2.20. The molecule has 0 atom stereocenters. The number of anilines is 1. The summed E-state index contributed by atoms with van der Waals surface area (Å²) in [6, 6.07) is 0. The van der Waals surface area contributed by atoms with Crippen LogP contribution in [0.3, 0.4) is 0 Å². The molecule has 0 unspecified atom stereocenters. The molecular weight excluding hydrogens is 268 g/mol. The van der Waals surface area contributed by atoms with E-state index in [0.717, 1.165) is 61.4 Å². The summed E-state index contributed by atoms with van der Waals surface area (Å²) in [5.74, 6) is 0.850. The minimum Gasteiger partial charge on any atom is -0.389 e. The predicted octanol–water partition coefficient (Wildman–Crippen LogP) is 2.86. The van der Waals surface area contributed by atoms with Crippen molar-refractivity contribution in [3.8, 4) is 0 Å². The normalized spacial score (nSPS) is 10.6. The molecule has 5 heteroatoms. The van der Waals surface area contributed by atoms with Gasteiger partial charge in [0, 0.05) is 13.1 Å². The van der Waals surface area contributed by atoms with E-state index >= 15 is 0 Å². The molecule has 1 aromatic heterocycles. The van der Waals surface area contributed by atoms with Gasteiger partial charge in [0.2, 0.25) is 0 Å². The molecule has 0 amide bonds. The summed E-state index contributed by atoms with van der Waals surface area (Å²) in [6.45, 7) is 10.4. The smallest absolute Gasteiger partial charge is 0.161 e. The summed E-state index contributed by atoms with van der Waals surface area (Å²) in [6.07, 6.45) is 4.01. The van der Waals surface area contributed by atoms with Crippen molar-refractivity contribution in [2.45, 2.75) is 53.4 Å². The van der Waals surface area contributed by atoms with Gasteiger partial charge in [0.05, 0.1) is 11.3 Å². The fraction of sp³-hybridized carbons (Fsp3) is 0.667. The van der Waals surface area contributed by atoms with Crippen molar-refractivity contribution in [1.82, 2.24) is 10.2 Å². The molecule has 1 rings (SSSR count). The Morgan fingerprint density at radius 3 is 2.30 bits per heavy atom. The summed E-state index contributed by atoms with van der Waals surface area (Å²) >= 11 is 5.27. The molecule has 112 valence electrons. The maximum absolute atomic E-state index is 5.97. The number of hydrogen-bond acceptors (Lipinski definition) is 4. The SMILES string of the molecule is CCCCN(CC)c1nnc(CC)c(CC)c1C(N)=S. The van der Waals surface area contributed by atoms with Gasteiger partial charge in [-0.3, -0.25) is 0 Å². The first-order chi connectivity index (χ1) is 9.60. The molecule has 0 saturated carbocycles. The first-order valence-corrected chi connectivity index (χ1v) is 7.94. The van der Waals surface area contributed by atoms with Crippen LogP contribution in [-0.2, 0) is 12.8 Å². The van der Waals surface area contributed by atoms with E-state index in [4.69, 9.17) is 18.0 Å². The predicted molar refractivity (Wildman–Crippen MR) is 89.5 cm³/mol. The van der Waals surface area contributed by atoms with Gasteiger partial charge in [-0.25, -0.2) is 0 Å². The quantitative estimate of drug-likeness (QED) is 0.747. The lowest BCUT2D eigenvalue weighted by Crippen LogP contribution is -2.30. The van der Waals surface area contributed by atoms with Crippen LogP contribution in [0.2, 0.25) is 0 Å². The second-order valence-corrected chi connectivity index (χ2v) is 5.27. The molecule has 0 aliphatic heterocycles. The maximum atomic E-state index is 5.97. The van der Waals surface area contributed by atoms with Crippen LogP contribution in [0.1, 0.15) is 57.4 Å². The Kier molecular flexibility index (Phi) is 6.85. The van der Waals surface area contributed by atoms with Crippen molar-refractivity contribution in [3.05, 3.63) is 16.8 Å². The lowest BCUT2D eigenvalue weighted by molar-refractivity contribution is 0.711. The minimum absolute atomic E-state index is 0.427. The fourth-order valence-electron chi connectivity index (χ4n) is 2.41. The highest BCUT2D eigenvalue weighted by molar-refractivity contribution is 7.80. The standard InChI is InChI=1S/C15H26N4S/c1-5-9-10-19(8-4)15-13(14(16)20)11(6-2)12(7-3)17-18-15/h5-10H2,1-4H3,(H2,16,20).